The van der Waals surface area contributed by atoms with Gasteiger partial charge in [0.2, 0.25) is 5.91 Å². The highest BCUT2D eigenvalue weighted by Gasteiger charge is 2.09. The van der Waals surface area contributed by atoms with E-state index in [0.29, 0.717) is 20.7 Å². The van der Waals surface area contributed by atoms with Crippen LogP contribution in [0.4, 0.5) is 9.52 Å². The topological polar surface area (TPSA) is 59.1 Å². The van der Waals surface area contributed by atoms with E-state index in [1.807, 2.05) is 0 Å². The third kappa shape index (κ3) is 4.64. The quantitative estimate of drug-likeness (QED) is 0.651. The number of thiazole rings is 1. The van der Waals surface area contributed by atoms with Crippen molar-refractivity contribution in [1.29, 1.82) is 0 Å². The minimum Gasteiger partial charge on any atom is -0.302 e. The molecule has 0 radical (unpaired) electrons. The first kappa shape index (κ1) is 15.7. The summed E-state index contributed by atoms with van der Waals surface area (Å²) >= 11 is 2.43. The lowest BCUT2D eigenvalue weighted by Gasteiger charge is -2.03. The highest BCUT2D eigenvalue weighted by molar-refractivity contribution is 7.99. The van der Waals surface area contributed by atoms with E-state index in [0.717, 1.165) is 11.3 Å². The summed E-state index contributed by atoms with van der Waals surface area (Å²) in [5.41, 5.74) is 0. The van der Waals surface area contributed by atoms with Crippen LogP contribution in [0.25, 0.3) is 0 Å². The SMILES string of the molecule is CC(=O)c1cnc(NC(=O)CCSc2ccccc2F)s1. The van der Waals surface area contributed by atoms with Crippen molar-refractivity contribution >= 4 is 39.9 Å². The predicted molar refractivity (Wildman–Crippen MR) is 82.5 cm³/mol. The van der Waals surface area contributed by atoms with E-state index < -0.39 is 0 Å². The van der Waals surface area contributed by atoms with Gasteiger partial charge >= 0.3 is 0 Å². The standard InChI is InChI=1S/C14H13FN2O2S2/c1-9(18)12-8-16-14(21-12)17-13(19)6-7-20-11-5-3-2-4-10(11)15/h2-5,8H,6-7H2,1H3,(H,16,17,19). The first-order valence-corrected chi connectivity index (χ1v) is 8.00. The van der Waals surface area contributed by atoms with Crippen LogP contribution in [-0.2, 0) is 4.79 Å². The van der Waals surface area contributed by atoms with Crippen LogP contribution in [0, 0.1) is 5.82 Å². The van der Waals surface area contributed by atoms with E-state index in [9.17, 15) is 14.0 Å². The number of amides is 1. The predicted octanol–water partition coefficient (Wildman–Crippen LogP) is 3.61. The second-order valence-corrected chi connectivity index (χ2v) is 6.33. The Bertz CT molecular complexity index is 658. The van der Waals surface area contributed by atoms with Gasteiger partial charge in [0, 0.05) is 24.0 Å². The molecule has 0 saturated carbocycles. The summed E-state index contributed by atoms with van der Waals surface area (Å²) in [6.07, 6.45) is 1.69. The second kappa shape index (κ2) is 7.33. The molecule has 2 rings (SSSR count). The molecule has 110 valence electrons. The summed E-state index contributed by atoms with van der Waals surface area (Å²) < 4.78 is 13.4. The summed E-state index contributed by atoms with van der Waals surface area (Å²) in [6.45, 7) is 1.45. The summed E-state index contributed by atoms with van der Waals surface area (Å²) in [7, 11) is 0. The monoisotopic (exact) mass is 324 g/mol. The van der Waals surface area contributed by atoms with Crippen LogP contribution in [0.15, 0.2) is 35.4 Å². The zero-order valence-electron chi connectivity index (χ0n) is 11.3. The van der Waals surface area contributed by atoms with E-state index in [1.54, 1.807) is 18.2 Å². The number of thioether (sulfide) groups is 1. The van der Waals surface area contributed by atoms with Crippen LogP contribution in [0.3, 0.4) is 0 Å². The summed E-state index contributed by atoms with van der Waals surface area (Å²) in [5, 5.41) is 3.03. The van der Waals surface area contributed by atoms with Crippen molar-refractivity contribution in [2.45, 2.75) is 18.2 Å². The lowest BCUT2D eigenvalue weighted by Crippen LogP contribution is -2.11. The molecule has 0 spiro atoms. The molecule has 4 nitrogen and oxygen atoms in total. The van der Waals surface area contributed by atoms with Gasteiger partial charge in [0.25, 0.3) is 0 Å². The molecule has 1 N–H and O–H groups in total. The molecule has 0 aliphatic rings. The fourth-order valence-corrected chi connectivity index (χ4v) is 3.11. The maximum absolute atomic E-state index is 13.4. The Morgan fingerprint density at radius 2 is 2.14 bits per heavy atom. The van der Waals surface area contributed by atoms with Crippen LogP contribution in [0.1, 0.15) is 23.0 Å². The molecule has 21 heavy (non-hydrogen) atoms. The number of carbonyl (C=O) groups is 2. The van der Waals surface area contributed by atoms with Crippen molar-refractivity contribution in [2.75, 3.05) is 11.1 Å². The first-order chi connectivity index (χ1) is 10.1. The van der Waals surface area contributed by atoms with E-state index in [2.05, 4.69) is 10.3 Å². The number of ketones is 1. The smallest absolute Gasteiger partial charge is 0.226 e. The molecule has 0 saturated heterocycles. The van der Waals surface area contributed by atoms with Crippen molar-refractivity contribution in [3.63, 3.8) is 0 Å². The van der Waals surface area contributed by atoms with Gasteiger partial charge in [-0.15, -0.1) is 11.8 Å². The van der Waals surface area contributed by atoms with Gasteiger partial charge < -0.3 is 5.32 Å². The number of benzene rings is 1. The average Bonchev–Trinajstić information content (AvgIpc) is 2.89. The lowest BCUT2D eigenvalue weighted by molar-refractivity contribution is -0.115. The van der Waals surface area contributed by atoms with E-state index in [1.165, 1.54) is 30.9 Å². The number of nitrogens with one attached hydrogen (secondary N) is 1. The molecule has 1 aromatic carbocycles. The molecule has 0 aliphatic carbocycles. The number of anilines is 1. The number of rotatable bonds is 6. The largest absolute Gasteiger partial charge is 0.302 e. The van der Waals surface area contributed by atoms with E-state index >= 15 is 0 Å². The Morgan fingerprint density at radius 1 is 1.38 bits per heavy atom. The molecular weight excluding hydrogens is 311 g/mol. The van der Waals surface area contributed by atoms with Crippen LogP contribution < -0.4 is 5.32 Å². The molecule has 1 aromatic heterocycles. The van der Waals surface area contributed by atoms with Gasteiger partial charge in [0.05, 0.1) is 11.1 Å². The summed E-state index contributed by atoms with van der Waals surface area (Å²) in [6, 6.07) is 6.45. The molecule has 0 atom stereocenters. The van der Waals surface area contributed by atoms with Gasteiger partial charge in [-0.1, -0.05) is 23.5 Å². The maximum Gasteiger partial charge on any atom is 0.226 e. The number of aromatic nitrogens is 1. The fraction of sp³-hybridized carbons (Fsp3) is 0.214. The fourth-order valence-electron chi connectivity index (χ4n) is 1.49. The van der Waals surface area contributed by atoms with E-state index in [4.69, 9.17) is 0 Å². The Kier molecular flexibility index (Phi) is 5.46. The van der Waals surface area contributed by atoms with Gasteiger partial charge in [0.1, 0.15) is 5.82 Å². The van der Waals surface area contributed by atoms with Gasteiger partial charge in [0.15, 0.2) is 10.9 Å². The lowest BCUT2D eigenvalue weighted by atomic mass is 10.3. The van der Waals surface area contributed by atoms with Gasteiger partial charge in [-0.05, 0) is 12.1 Å². The number of nitrogens with zero attached hydrogens (tertiary/aromatic N) is 1. The number of hydrogen-bond acceptors (Lipinski definition) is 5. The first-order valence-electron chi connectivity index (χ1n) is 6.20. The number of carbonyl (C=O) groups excluding carboxylic acids is 2. The Morgan fingerprint density at radius 3 is 2.81 bits per heavy atom. The Balaban J connectivity index is 1.79. The molecule has 1 amide bonds. The van der Waals surface area contributed by atoms with Gasteiger partial charge in [-0.25, -0.2) is 9.37 Å². The number of hydrogen-bond donors (Lipinski definition) is 1. The summed E-state index contributed by atoms with van der Waals surface area (Å²) in [5.74, 6) is -0.0992. The highest BCUT2D eigenvalue weighted by Crippen LogP contribution is 2.22. The summed E-state index contributed by atoms with van der Waals surface area (Å²) in [4.78, 5) is 27.8. The van der Waals surface area contributed by atoms with Crippen molar-refractivity contribution in [1.82, 2.24) is 4.98 Å². The zero-order chi connectivity index (χ0) is 15.2. The third-order valence-electron chi connectivity index (χ3n) is 2.52. The van der Waals surface area contributed by atoms with Crippen LogP contribution in [0.2, 0.25) is 0 Å². The van der Waals surface area contributed by atoms with Crippen molar-refractivity contribution in [3.8, 4) is 0 Å². The third-order valence-corrected chi connectivity index (χ3v) is 4.59. The molecule has 0 fully saturated rings. The number of Topliss-reactive ketones (excluding diaryl/α,β-unsaturated/α-hetero) is 1. The second-order valence-electron chi connectivity index (χ2n) is 4.16. The van der Waals surface area contributed by atoms with Crippen LogP contribution >= 0.6 is 23.1 Å². The number of halogens is 1. The van der Waals surface area contributed by atoms with Gasteiger partial charge in [-0.3, -0.25) is 9.59 Å². The molecule has 0 bridgehead atoms. The van der Waals surface area contributed by atoms with E-state index in [-0.39, 0.29) is 23.9 Å². The molecular formula is C14H13FN2O2S2. The Labute approximate surface area is 129 Å². The maximum atomic E-state index is 13.4. The molecule has 0 aliphatic heterocycles. The minimum absolute atomic E-state index is 0.0805. The van der Waals surface area contributed by atoms with Crippen LogP contribution in [0.5, 0.6) is 0 Å². The van der Waals surface area contributed by atoms with Crippen molar-refractivity contribution in [3.05, 3.63) is 41.2 Å². The zero-order valence-corrected chi connectivity index (χ0v) is 12.9. The highest BCUT2D eigenvalue weighted by atomic mass is 32.2. The Hall–Kier alpha value is -1.73. The average molecular weight is 324 g/mol. The molecule has 7 heteroatoms. The normalized spacial score (nSPS) is 10.4. The van der Waals surface area contributed by atoms with Crippen molar-refractivity contribution < 1.29 is 14.0 Å². The molecule has 1 heterocycles. The van der Waals surface area contributed by atoms with Gasteiger partial charge in [-0.2, -0.15) is 0 Å². The van der Waals surface area contributed by atoms with Crippen LogP contribution in [-0.4, -0.2) is 22.4 Å². The minimum atomic E-state index is -0.283. The molecule has 2 aromatic rings. The van der Waals surface area contributed by atoms with Crippen molar-refractivity contribution in [2.24, 2.45) is 0 Å². The molecule has 0 unspecified atom stereocenters.